The first-order chi connectivity index (χ1) is 10.8. The van der Waals surface area contributed by atoms with Gasteiger partial charge in [-0.2, -0.15) is 0 Å². The molecule has 0 saturated carbocycles. The Morgan fingerprint density at radius 2 is 2.17 bits per heavy atom. The third kappa shape index (κ3) is 2.75. The number of aromatic nitrogens is 1. The van der Waals surface area contributed by atoms with Crippen molar-refractivity contribution in [1.29, 1.82) is 0 Å². The van der Waals surface area contributed by atoms with Crippen LogP contribution in [-0.4, -0.2) is 27.1 Å². The third-order valence-electron chi connectivity index (χ3n) is 3.71. The van der Waals surface area contributed by atoms with Crippen molar-refractivity contribution in [3.8, 4) is 0 Å². The lowest BCUT2D eigenvalue weighted by atomic mass is 10.1. The van der Waals surface area contributed by atoms with Gasteiger partial charge in [0, 0.05) is 12.4 Å². The van der Waals surface area contributed by atoms with Crippen LogP contribution in [0.25, 0.3) is 10.9 Å². The summed E-state index contributed by atoms with van der Waals surface area (Å²) in [5.74, 6) is 3.97. The molecule has 0 saturated heterocycles. The summed E-state index contributed by atoms with van der Waals surface area (Å²) in [5.41, 5.74) is 9.16. The molecule has 0 aliphatic heterocycles. The molecule has 3 aromatic rings. The van der Waals surface area contributed by atoms with Crippen LogP contribution in [0.2, 0.25) is 0 Å². The SMILES string of the molecule is C=S(=O)(c1cccs1)N(C)c1cc(C)cc2cc(C(N)=S)[nH]c12. The number of anilines is 1. The molecule has 4 nitrogen and oxygen atoms in total. The summed E-state index contributed by atoms with van der Waals surface area (Å²) in [6.07, 6.45) is 0. The Hall–Kier alpha value is -1.83. The van der Waals surface area contributed by atoms with Crippen molar-refractivity contribution in [3.63, 3.8) is 0 Å². The van der Waals surface area contributed by atoms with Gasteiger partial charge in [0.2, 0.25) is 0 Å². The first-order valence-corrected chi connectivity index (χ1v) is 9.85. The number of benzene rings is 1. The number of nitrogens with one attached hydrogen (secondary N) is 1. The number of nitrogens with two attached hydrogens (primary N) is 1. The highest BCUT2D eigenvalue weighted by Gasteiger charge is 2.20. The first kappa shape index (κ1) is 16.0. The van der Waals surface area contributed by atoms with Gasteiger partial charge in [0.25, 0.3) is 0 Å². The van der Waals surface area contributed by atoms with E-state index in [0.29, 0.717) is 10.7 Å². The average molecular weight is 364 g/mol. The molecule has 1 aromatic carbocycles. The predicted octanol–water partition coefficient (Wildman–Crippen LogP) is 3.30. The number of aryl methyl sites for hydroxylation is 1. The summed E-state index contributed by atoms with van der Waals surface area (Å²) in [6, 6.07) is 9.67. The lowest BCUT2D eigenvalue weighted by Crippen LogP contribution is -2.26. The predicted molar refractivity (Wildman–Crippen MR) is 105 cm³/mol. The number of rotatable bonds is 4. The number of thiophene rings is 1. The molecule has 0 fully saturated rings. The Morgan fingerprint density at radius 3 is 2.78 bits per heavy atom. The van der Waals surface area contributed by atoms with E-state index in [2.05, 4.69) is 10.9 Å². The van der Waals surface area contributed by atoms with E-state index in [-0.39, 0.29) is 0 Å². The number of aromatic amines is 1. The summed E-state index contributed by atoms with van der Waals surface area (Å²) in [4.78, 5) is 3.54. The second-order valence-corrected chi connectivity index (χ2v) is 9.28. The van der Waals surface area contributed by atoms with E-state index in [0.717, 1.165) is 26.4 Å². The van der Waals surface area contributed by atoms with Crippen molar-refractivity contribution in [2.45, 2.75) is 11.1 Å². The van der Waals surface area contributed by atoms with Gasteiger partial charge >= 0.3 is 0 Å². The molecule has 23 heavy (non-hydrogen) atoms. The van der Waals surface area contributed by atoms with E-state index in [1.54, 1.807) is 11.4 Å². The van der Waals surface area contributed by atoms with Crippen LogP contribution in [0.1, 0.15) is 11.3 Å². The average Bonchev–Trinajstić information content (AvgIpc) is 3.14. The molecule has 0 spiro atoms. The minimum absolute atomic E-state index is 0.307. The Balaban J connectivity index is 2.21. The monoisotopic (exact) mass is 363 g/mol. The summed E-state index contributed by atoms with van der Waals surface area (Å²) in [5, 5.41) is 2.88. The number of fused-ring (bicyclic) bond motifs is 1. The molecule has 1 atom stereocenters. The van der Waals surface area contributed by atoms with E-state index >= 15 is 0 Å². The molecular weight excluding hydrogens is 346 g/mol. The topological polar surface area (TPSA) is 62.1 Å². The number of thiocarbonyl (C=S) groups is 1. The maximum absolute atomic E-state index is 13.2. The minimum atomic E-state index is -2.60. The molecule has 3 rings (SSSR count). The summed E-state index contributed by atoms with van der Waals surface area (Å²) in [6.45, 7) is 2.00. The highest BCUT2D eigenvalue weighted by molar-refractivity contribution is 8.03. The van der Waals surface area contributed by atoms with Crippen molar-refractivity contribution in [2.75, 3.05) is 11.4 Å². The van der Waals surface area contributed by atoms with Crippen LogP contribution >= 0.6 is 23.6 Å². The van der Waals surface area contributed by atoms with Crippen molar-refractivity contribution in [1.82, 2.24) is 4.98 Å². The van der Waals surface area contributed by atoms with Crippen molar-refractivity contribution < 1.29 is 4.21 Å². The maximum atomic E-state index is 13.2. The van der Waals surface area contributed by atoms with Gasteiger partial charge in [-0.25, -0.2) is 4.21 Å². The van der Waals surface area contributed by atoms with Gasteiger partial charge < -0.3 is 10.7 Å². The van der Waals surface area contributed by atoms with Gasteiger partial charge in [-0.3, -0.25) is 4.31 Å². The van der Waals surface area contributed by atoms with Crippen molar-refractivity contribution in [2.24, 2.45) is 5.73 Å². The van der Waals surface area contributed by atoms with Crippen molar-refractivity contribution >= 4 is 60.7 Å². The van der Waals surface area contributed by atoms with Crippen LogP contribution in [0.5, 0.6) is 0 Å². The summed E-state index contributed by atoms with van der Waals surface area (Å²) < 4.78 is 15.7. The van der Waals surface area contributed by atoms with Gasteiger partial charge in [-0.05, 0) is 48.0 Å². The fraction of sp³-hybridized carbons (Fsp3) is 0.125. The lowest BCUT2D eigenvalue weighted by molar-refractivity contribution is 0.681. The molecule has 120 valence electrons. The highest BCUT2D eigenvalue weighted by atomic mass is 32.2. The van der Waals surface area contributed by atoms with Gasteiger partial charge in [0.1, 0.15) is 9.20 Å². The van der Waals surface area contributed by atoms with Crippen LogP contribution in [0.3, 0.4) is 0 Å². The number of H-pyrrole nitrogens is 1. The number of hydrogen-bond donors (Lipinski definition) is 2. The fourth-order valence-electron chi connectivity index (χ4n) is 2.49. The zero-order valence-corrected chi connectivity index (χ0v) is 15.3. The van der Waals surface area contributed by atoms with Gasteiger partial charge in [-0.1, -0.05) is 18.3 Å². The summed E-state index contributed by atoms with van der Waals surface area (Å²) >= 11 is 6.49. The smallest absolute Gasteiger partial charge is 0.120 e. The lowest BCUT2D eigenvalue weighted by Gasteiger charge is -2.24. The second-order valence-electron chi connectivity index (χ2n) is 5.37. The third-order valence-corrected chi connectivity index (χ3v) is 7.51. The molecule has 7 heteroatoms. The molecule has 2 heterocycles. The fourth-order valence-corrected chi connectivity index (χ4v) is 5.18. The molecule has 3 N–H and O–H groups in total. The first-order valence-electron chi connectivity index (χ1n) is 6.88. The molecule has 0 amide bonds. The molecule has 0 aliphatic carbocycles. The molecule has 1 unspecified atom stereocenters. The molecule has 0 bridgehead atoms. The van der Waals surface area contributed by atoms with Gasteiger partial charge in [0.05, 0.1) is 26.6 Å². The van der Waals surface area contributed by atoms with E-state index in [1.165, 1.54) is 11.3 Å². The Bertz CT molecular complexity index is 985. The zero-order chi connectivity index (χ0) is 16.8. The van der Waals surface area contributed by atoms with Gasteiger partial charge in [-0.15, -0.1) is 11.3 Å². The van der Waals surface area contributed by atoms with Crippen LogP contribution in [0, 0.1) is 6.92 Å². The van der Waals surface area contributed by atoms with E-state index in [1.807, 2.05) is 42.6 Å². The highest BCUT2D eigenvalue weighted by Crippen LogP contribution is 2.32. The number of hydrogen-bond acceptors (Lipinski definition) is 3. The molecular formula is C16H17N3OS3. The molecule has 0 radical (unpaired) electrons. The Kier molecular flexibility index (Phi) is 3.95. The summed E-state index contributed by atoms with van der Waals surface area (Å²) in [7, 11) is -0.804. The Labute approximate surface area is 145 Å². The zero-order valence-electron chi connectivity index (χ0n) is 12.8. The van der Waals surface area contributed by atoms with Crippen LogP contribution < -0.4 is 10.0 Å². The van der Waals surface area contributed by atoms with Crippen molar-refractivity contribution in [3.05, 3.63) is 47.0 Å². The van der Waals surface area contributed by atoms with Gasteiger partial charge in [0.15, 0.2) is 0 Å². The maximum Gasteiger partial charge on any atom is 0.120 e. The normalized spacial score (nSPS) is 13.8. The Morgan fingerprint density at radius 1 is 1.43 bits per heavy atom. The molecule has 2 aromatic heterocycles. The van der Waals surface area contributed by atoms with Crippen LogP contribution in [0.4, 0.5) is 5.69 Å². The van der Waals surface area contributed by atoms with E-state index in [9.17, 15) is 4.21 Å². The largest absolute Gasteiger partial charge is 0.388 e. The van der Waals surface area contributed by atoms with E-state index in [4.69, 9.17) is 18.0 Å². The standard InChI is InChI=1S/C16H17N3OS3/c1-10-7-11-9-12(16(17)21)18-15(11)13(8-10)19(2)23(3,20)14-5-4-6-22-14/h4-9,18H,3H2,1-2H3,(H2,17,21). The second kappa shape index (κ2) is 5.67. The van der Waals surface area contributed by atoms with E-state index < -0.39 is 9.71 Å². The van der Waals surface area contributed by atoms with Crippen LogP contribution in [0.15, 0.2) is 39.9 Å². The number of nitrogens with zero attached hydrogens (tertiary/aromatic N) is 1. The molecule has 0 aliphatic rings. The quantitative estimate of drug-likeness (QED) is 0.699. The minimum Gasteiger partial charge on any atom is -0.388 e. The van der Waals surface area contributed by atoms with Crippen LogP contribution in [-0.2, 0) is 9.71 Å².